The van der Waals surface area contributed by atoms with Gasteiger partial charge in [0.1, 0.15) is 5.82 Å². The Morgan fingerprint density at radius 2 is 1.97 bits per heavy atom. The van der Waals surface area contributed by atoms with E-state index in [-0.39, 0.29) is 5.91 Å². The van der Waals surface area contributed by atoms with E-state index in [0.717, 1.165) is 40.1 Å². The molecule has 0 radical (unpaired) electrons. The molecule has 0 fully saturated rings. The summed E-state index contributed by atoms with van der Waals surface area (Å²) in [5, 5.41) is 10.9. The van der Waals surface area contributed by atoms with E-state index in [1.165, 1.54) is 5.56 Å². The Bertz CT molecular complexity index is 1320. The first-order valence-corrected chi connectivity index (χ1v) is 10.8. The molecule has 2 aromatic heterocycles. The zero-order valence-electron chi connectivity index (χ0n) is 17.9. The second-order valence-corrected chi connectivity index (χ2v) is 7.97. The molecule has 0 aliphatic carbocycles. The quantitative estimate of drug-likeness (QED) is 0.432. The Kier molecular flexibility index (Phi) is 5.95. The first-order valence-electron chi connectivity index (χ1n) is 10.4. The zero-order valence-corrected chi connectivity index (χ0v) is 18.7. The molecule has 0 bridgehead atoms. The lowest BCUT2D eigenvalue weighted by atomic mass is 9.99. The van der Waals surface area contributed by atoms with Gasteiger partial charge in [0.05, 0.1) is 16.8 Å². The molecule has 7 heteroatoms. The highest BCUT2D eigenvalue weighted by Gasteiger charge is 2.15. The van der Waals surface area contributed by atoms with Gasteiger partial charge in [-0.25, -0.2) is 4.98 Å². The molecular formula is C24H25N5OS. The largest absolute Gasteiger partial charge is 0.352 e. The van der Waals surface area contributed by atoms with Crippen molar-refractivity contribution < 1.29 is 4.79 Å². The normalized spacial score (nSPS) is 11.1. The molecule has 158 valence electrons. The van der Waals surface area contributed by atoms with Gasteiger partial charge in [0.25, 0.3) is 5.91 Å². The van der Waals surface area contributed by atoms with Gasteiger partial charge >= 0.3 is 0 Å². The molecule has 0 aliphatic rings. The monoisotopic (exact) mass is 431 g/mol. The van der Waals surface area contributed by atoms with Gasteiger partial charge in [-0.1, -0.05) is 42.0 Å². The summed E-state index contributed by atoms with van der Waals surface area (Å²) < 4.78 is 2.53. The number of aromatic amines is 1. The van der Waals surface area contributed by atoms with Crippen LogP contribution in [0.5, 0.6) is 0 Å². The predicted molar refractivity (Wildman–Crippen MR) is 126 cm³/mol. The number of rotatable bonds is 6. The van der Waals surface area contributed by atoms with Crippen molar-refractivity contribution >= 4 is 29.0 Å². The first kappa shape index (κ1) is 20.9. The fourth-order valence-corrected chi connectivity index (χ4v) is 4.13. The Morgan fingerprint density at radius 3 is 2.74 bits per heavy atom. The van der Waals surface area contributed by atoms with Crippen LogP contribution in [-0.2, 0) is 13.0 Å². The number of hydrogen-bond acceptors (Lipinski definition) is 4. The molecule has 2 aromatic carbocycles. The number of nitrogens with one attached hydrogen (secondary N) is 2. The van der Waals surface area contributed by atoms with E-state index >= 15 is 0 Å². The standard InChI is InChI=1S/C24H25N5OS/c1-4-29-22(27-28-24(29)31)11-12-25-23(30)19-14-21(17-10-9-15(2)13-16(17)3)26-20-8-6-5-7-18(19)20/h5-10,13-14H,4,11-12H2,1-3H3,(H,25,30)(H,28,31). The van der Waals surface area contributed by atoms with Crippen molar-refractivity contribution in [1.29, 1.82) is 0 Å². The topological polar surface area (TPSA) is 75.6 Å². The highest BCUT2D eigenvalue weighted by atomic mass is 32.1. The molecular weight excluding hydrogens is 406 g/mol. The molecule has 1 amide bonds. The molecule has 0 atom stereocenters. The number of H-pyrrole nitrogens is 1. The lowest BCUT2D eigenvalue weighted by Gasteiger charge is -2.12. The van der Waals surface area contributed by atoms with E-state index in [9.17, 15) is 4.79 Å². The van der Waals surface area contributed by atoms with E-state index in [1.54, 1.807) is 0 Å². The summed E-state index contributed by atoms with van der Waals surface area (Å²) in [5.74, 6) is 0.713. The van der Waals surface area contributed by atoms with Crippen LogP contribution in [0.2, 0.25) is 0 Å². The summed E-state index contributed by atoms with van der Waals surface area (Å²) >= 11 is 5.23. The third-order valence-corrected chi connectivity index (χ3v) is 5.72. The van der Waals surface area contributed by atoms with E-state index in [1.807, 2.05) is 41.8 Å². The number of amides is 1. The zero-order chi connectivity index (χ0) is 22.0. The van der Waals surface area contributed by atoms with Crippen molar-refractivity contribution in [2.45, 2.75) is 33.7 Å². The lowest BCUT2D eigenvalue weighted by Crippen LogP contribution is -2.27. The molecule has 0 aliphatic heterocycles. The number of nitrogens with zero attached hydrogens (tertiary/aromatic N) is 3. The third-order valence-electron chi connectivity index (χ3n) is 5.41. The number of hydrogen-bond donors (Lipinski definition) is 2. The molecule has 0 unspecified atom stereocenters. The molecule has 31 heavy (non-hydrogen) atoms. The number of fused-ring (bicyclic) bond motifs is 1. The van der Waals surface area contributed by atoms with Crippen molar-refractivity contribution in [3.63, 3.8) is 0 Å². The highest BCUT2D eigenvalue weighted by molar-refractivity contribution is 7.71. The average molecular weight is 432 g/mol. The van der Waals surface area contributed by atoms with Gasteiger partial charge in [-0.05, 0) is 50.7 Å². The van der Waals surface area contributed by atoms with Gasteiger partial charge in [-0.15, -0.1) is 0 Å². The van der Waals surface area contributed by atoms with Crippen LogP contribution in [0.15, 0.2) is 48.5 Å². The molecule has 6 nitrogen and oxygen atoms in total. The Labute approximate surface area is 186 Å². The fraction of sp³-hybridized carbons (Fsp3) is 0.250. The molecule has 2 N–H and O–H groups in total. The van der Waals surface area contributed by atoms with Crippen LogP contribution in [0.25, 0.3) is 22.2 Å². The number of para-hydroxylation sites is 1. The van der Waals surface area contributed by atoms with Crippen molar-refractivity contribution in [2.24, 2.45) is 0 Å². The van der Waals surface area contributed by atoms with Gasteiger partial charge in [-0.3, -0.25) is 9.89 Å². The average Bonchev–Trinajstić information content (AvgIpc) is 3.12. The van der Waals surface area contributed by atoms with Crippen LogP contribution in [0.3, 0.4) is 0 Å². The second kappa shape index (κ2) is 8.81. The number of benzene rings is 2. The highest BCUT2D eigenvalue weighted by Crippen LogP contribution is 2.27. The molecule has 2 heterocycles. The minimum absolute atomic E-state index is 0.123. The second-order valence-electron chi connectivity index (χ2n) is 7.59. The van der Waals surface area contributed by atoms with E-state index < -0.39 is 0 Å². The fourth-order valence-electron chi connectivity index (χ4n) is 3.85. The van der Waals surface area contributed by atoms with Crippen LogP contribution >= 0.6 is 12.2 Å². The van der Waals surface area contributed by atoms with E-state index in [4.69, 9.17) is 17.2 Å². The van der Waals surface area contributed by atoms with Crippen molar-refractivity contribution in [3.05, 3.63) is 75.8 Å². The summed E-state index contributed by atoms with van der Waals surface area (Å²) in [6, 6.07) is 15.9. The maximum absolute atomic E-state index is 13.1. The number of aromatic nitrogens is 4. The molecule has 0 saturated heterocycles. The Morgan fingerprint density at radius 1 is 1.16 bits per heavy atom. The molecule has 4 rings (SSSR count). The van der Waals surface area contributed by atoms with Crippen LogP contribution in [0.1, 0.15) is 34.2 Å². The number of carbonyl (C=O) groups is 1. The summed E-state index contributed by atoms with van der Waals surface area (Å²) in [7, 11) is 0. The van der Waals surface area contributed by atoms with Crippen LogP contribution in [0.4, 0.5) is 0 Å². The number of pyridine rings is 1. The maximum atomic E-state index is 13.1. The summed E-state index contributed by atoms with van der Waals surface area (Å²) in [6.45, 7) is 7.37. The molecule has 0 spiro atoms. The molecule has 0 saturated carbocycles. The van der Waals surface area contributed by atoms with Crippen LogP contribution in [-0.4, -0.2) is 32.2 Å². The van der Waals surface area contributed by atoms with Crippen LogP contribution in [0, 0.1) is 18.6 Å². The predicted octanol–water partition coefficient (Wildman–Crippen LogP) is 4.77. The number of aryl methyl sites for hydroxylation is 2. The van der Waals surface area contributed by atoms with Gasteiger partial charge in [0.2, 0.25) is 0 Å². The molecule has 4 aromatic rings. The van der Waals surface area contributed by atoms with Crippen molar-refractivity contribution in [2.75, 3.05) is 6.54 Å². The maximum Gasteiger partial charge on any atom is 0.252 e. The van der Waals surface area contributed by atoms with E-state index in [2.05, 4.69) is 47.6 Å². The number of carbonyl (C=O) groups excluding carboxylic acids is 1. The summed E-state index contributed by atoms with van der Waals surface area (Å²) in [4.78, 5) is 18.0. The van der Waals surface area contributed by atoms with Gasteiger partial charge in [0.15, 0.2) is 4.77 Å². The lowest BCUT2D eigenvalue weighted by molar-refractivity contribution is 0.0955. The van der Waals surface area contributed by atoms with Crippen molar-refractivity contribution in [3.8, 4) is 11.3 Å². The smallest absolute Gasteiger partial charge is 0.252 e. The third kappa shape index (κ3) is 4.27. The summed E-state index contributed by atoms with van der Waals surface area (Å²) in [6.07, 6.45) is 0.597. The van der Waals surface area contributed by atoms with Crippen molar-refractivity contribution in [1.82, 2.24) is 25.1 Å². The van der Waals surface area contributed by atoms with Gasteiger partial charge < -0.3 is 9.88 Å². The SMILES string of the molecule is CCn1c(CCNC(=O)c2cc(-c3ccc(C)cc3C)nc3ccccc23)n[nH]c1=S. The minimum atomic E-state index is -0.123. The minimum Gasteiger partial charge on any atom is -0.352 e. The van der Waals surface area contributed by atoms with E-state index in [0.29, 0.717) is 23.3 Å². The summed E-state index contributed by atoms with van der Waals surface area (Å²) in [5.41, 5.74) is 5.59. The van der Waals surface area contributed by atoms with Crippen LogP contribution < -0.4 is 5.32 Å². The van der Waals surface area contributed by atoms with Gasteiger partial charge in [-0.2, -0.15) is 5.10 Å². The Hall–Kier alpha value is -3.32. The first-order chi connectivity index (χ1) is 15.0. The van der Waals surface area contributed by atoms with Gasteiger partial charge in [0, 0.05) is 30.5 Å². The Balaban J connectivity index is 1.64.